The molecule has 1 saturated heterocycles. The van der Waals surface area contributed by atoms with Gasteiger partial charge < -0.3 is 15.0 Å². The van der Waals surface area contributed by atoms with Crippen LogP contribution >= 0.6 is 0 Å². The summed E-state index contributed by atoms with van der Waals surface area (Å²) < 4.78 is 32.3. The van der Waals surface area contributed by atoms with Crippen LogP contribution in [0.4, 0.5) is 14.6 Å². The minimum Gasteiger partial charge on any atom is -0.488 e. The Labute approximate surface area is 160 Å². The molecule has 144 valence electrons. The van der Waals surface area contributed by atoms with Crippen molar-refractivity contribution >= 4 is 22.6 Å². The SMILES string of the molecule is CNc1ncnc2cc(C(=O)N3CCC(Oc4cc(F)cc(F)c4)C3)ccc12. The van der Waals surface area contributed by atoms with E-state index in [1.807, 2.05) is 6.07 Å². The van der Waals surface area contributed by atoms with Gasteiger partial charge in [-0.3, -0.25) is 4.79 Å². The first-order valence-electron chi connectivity index (χ1n) is 8.88. The minimum absolute atomic E-state index is 0.124. The van der Waals surface area contributed by atoms with Crippen molar-refractivity contribution in [2.75, 3.05) is 25.5 Å². The summed E-state index contributed by atoms with van der Waals surface area (Å²) in [6.07, 6.45) is 1.72. The average molecular weight is 384 g/mol. The van der Waals surface area contributed by atoms with Crippen molar-refractivity contribution in [3.05, 3.63) is 59.9 Å². The predicted octanol–water partition coefficient (Wildman–Crippen LogP) is 3.24. The van der Waals surface area contributed by atoms with Crippen LogP contribution in [-0.4, -0.2) is 47.0 Å². The number of fused-ring (bicyclic) bond motifs is 1. The van der Waals surface area contributed by atoms with E-state index in [1.54, 1.807) is 24.1 Å². The number of ether oxygens (including phenoxy) is 1. The number of hydrogen-bond donors (Lipinski definition) is 1. The van der Waals surface area contributed by atoms with Gasteiger partial charge in [0.1, 0.15) is 35.6 Å². The molecular weight excluding hydrogens is 366 g/mol. The van der Waals surface area contributed by atoms with E-state index < -0.39 is 11.6 Å². The standard InChI is InChI=1S/C20H18F2N4O2/c1-23-19-17-3-2-12(6-18(17)24-11-25-19)20(27)26-5-4-15(10-26)28-16-8-13(21)7-14(22)9-16/h2-3,6-9,11,15H,4-5,10H2,1H3,(H,23,24,25). The zero-order chi connectivity index (χ0) is 19.7. The van der Waals surface area contributed by atoms with E-state index in [0.717, 1.165) is 23.6 Å². The number of anilines is 1. The Morgan fingerprint density at radius 1 is 1.18 bits per heavy atom. The fraction of sp³-hybridized carbons (Fsp3) is 0.250. The lowest BCUT2D eigenvalue weighted by atomic mass is 10.1. The third-order valence-corrected chi connectivity index (χ3v) is 4.69. The Bertz CT molecular complexity index is 1020. The molecule has 1 aromatic heterocycles. The number of hydrogen-bond acceptors (Lipinski definition) is 5. The number of carbonyl (C=O) groups excluding carboxylic acids is 1. The maximum Gasteiger partial charge on any atom is 0.254 e. The van der Waals surface area contributed by atoms with Gasteiger partial charge in [-0.05, 0) is 18.2 Å². The number of amides is 1. The number of nitrogens with one attached hydrogen (secondary N) is 1. The van der Waals surface area contributed by atoms with Crippen LogP contribution in [0, 0.1) is 11.6 Å². The molecule has 0 aliphatic carbocycles. The normalized spacial score (nSPS) is 16.4. The van der Waals surface area contributed by atoms with Crippen LogP contribution in [0.15, 0.2) is 42.7 Å². The molecule has 0 spiro atoms. The summed E-state index contributed by atoms with van der Waals surface area (Å²) in [5.74, 6) is -0.706. The summed E-state index contributed by atoms with van der Waals surface area (Å²) >= 11 is 0. The lowest BCUT2D eigenvalue weighted by molar-refractivity contribution is 0.0772. The largest absolute Gasteiger partial charge is 0.488 e. The molecule has 2 heterocycles. The topological polar surface area (TPSA) is 67.4 Å². The maximum absolute atomic E-state index is 13.3. The molecule has 1 atom stereocenters. The number of carbonyl (C=O) groups is 1. The fourth-order valence-corrected chi connectivity index (χ4v) is 3.37. The van der Waals surface area contributed by atoms with E-state index in [0.29, 0.717) is 36.4 Å². The minimum atomic E-state index is -0.694. The summed E-state index contributed by atoms with van der Waals surface area (Å²) in [5, 5.41) is 3.83. The van der Waals surface area contributed by atoms with E-state index in [1.165, 1.54) is 6.33 Å². The lowest BCUT2D eigenvalue weighted by Crippen LogP contribution is -2.31. The van der Waals surface area contributed by atoms with Crippen LogP contribution in [0.5, 0.6) is 5.75 Å². The summed E-state index contributed by atoms with van der Waals surface area (Å²) in [7, 11) is 1.77. The van der Waals surface area contributed by atoms with Crippen molar-refractivity contribution in [2.24, 2.45) is 0 Å². The molecule has 1 aliphatic heterocycles. The molecule has 1 N–H and O–H groups in total. The third-order valence-electron chi connectivity index (χ3n) is 4.69. The highest BCUT2D eigenvalue weighted by atomic mass is 19.1. The summed E-state index contributed by atoms with van der Waals surface area (Å²) in [6.45, 7) is 0.853. The van der Waals surface area contributed by atoms with Crippen LogP contribution in [-0.2, 0) is 0 Å². The molecule has 0 saturated carbocycles. The van der Waals surface area contributed by atoms with E-state index in [-0.39, 0.29) is 17.8 Å². The van der Waals surface area contributed by atoms with Crippen LogP contribution < -0.4 is 10.1 Å². The molecule has 2 aromatic carbocycles. The Morgan fingerprint density at radius 3 is 2.71 bits per heavy atom. The van der Waals surface area contributed by atoms with Crippen molar-refractivity contribution in [3.63, 3.8) is 0 Å². The molecule has 0 bridgehead atoms. The summed E-state index contributed by atoms with van der Waals surface area (Å²) in [5.41, 5.74) is 1.19. The van der Waals surface area contributed by atoms with E-state index in [9.17, 15) is 13.6 Å². The van der Waals surface area contributed by atoms with Gasteiger partial charge in [-0.2, -0.15) is 0 Å². The fourth-order valence-electron chi connectivity index (χ4n) is 3.37. The van der Waals surface area contributed by atoms with E-state index >= 15 is 0 Å². The third kappa shape index (κ3) is 3.58. The Hall–Kier alpha value is -3.29. The predicted molar refractivity (Wildman–Crippen MR) is 100 cm³/mol. The molecule has 1 aliphatic rings. The highest BCUT2D eigenvalue weighted by Gasteiger charge is 2.28. The van der Waals surface area contributed by atoms with Crippen molar-refractivity contribution in [2.45, 2.75) is 12.5 Å². The first-order chi connectivity index (χ1) is 13.5. The van der Waals surface area contributed by atoms with Crippen molar-refractivity contribution in [3.8, 4) is 5.75 Å². The second-order valence-electron chi connectivity index (χ2n) is 6.59. The lowest BCUT2D eigenvalue weighted by Gasteiger charge is -2.18. The maximum atomic E-state index is 13.3. The number of rotatable bonds is 4. The molecule has 8 heteroatoms. The highest BCUT2D eigenvalue weighted by molar-refractivity contribution is 5.99. The van der Waals surface area contributed by atoms with Gasteiger partial charge in [0.25, 0.3) is 5.91 Å². The van der Waals surface area contributed by atoms with Crippen LogP contribution in [0.2, 0.25) is 0 Å². The Morgan fingerprint density at radius 2 is 1.96 bits per heavy atom. The van der Waals surface area contributed by atoms with Gasteiger partial charge in [0.05, 0.1) is 12.1 Å². The van der Waals surface area contributed by atoms with Gasteiger partial charge in [0.15, 0.2) is 0 Å². The molecule has 3 aromatic rings. The molecule has 28 heavy (non-hydrogen) atoms. The molecule has 4 rings (SSSR count). The van der Waals surface area contributed by atoms with Crippen LogP contribution in [0.3, 0.4) is 0 Å². The Balaban J connectivity index is 1.48. The van der Waals surface area contributed by atoms with E-state index in [4.69, 9.17) is 4.74 Å². The van der Waals surface area contributed by atoms with Gasteiger partial charge in [-0.25, -0.2) is 18.7 Å². The van der Waals surface area contributed by atoms with Gasteiger partial charge in [-0.1, -0.05) is 0 Å². The van der Waals surface area contributed by atoms with Crippen LogP contribution in [0.25, 0.3) is 10.9 Å². The van der Waals surface area contributed by atoms with Gasteiger partial charge in [0.2, 0.25) is 0 Å². The van der Waals surface area contributed by atoms with Gasteiger partial charge >= 0.3 is 0 Å². The molecule has 6 nitrogen and oxygen atoms in total. The molecule has 1 fully saturated rings. The summed E-state index contributed by atoms with van der Waals surface area (Å²) in [6, 6.07) is 8.35. The molecule has 0 radical (unpaired) electrons. The molecule has 1 amide bonds. The second-order valence-corrected chi connectivity index (χ2v) is 6.59. The number of halogens is 2. The van der Waals surface area contributed by atoms with E-state index in [2.05, 4.69) is 15.3 Å². The quantitative estimate of drug-likeness (QED) is 0.748. The molecular formula is C20H18F2N4O2. The van der Waals surface area contributed by atoms with Crippen molar-refractivity contribution in [1.82, 2.24) is 14.9 Å². The van der Waals surface area contributed by atoms with Crippen molar-refractivity contribution in [1.29, 1.82) is 0 Å². The zero-order valence-electron chi connectivity index (χ0n) is 15.2. The highest BCUT2D eigenvalue weighted by Crippen LogP contribution is 2.24. The van der Waals surface area contributed by atoms with Crippen LogP contribution in [0.1, 0.15) is 16.8 Å². The second kappa shape index (κ2) is 7.38. The number of aromatic nitrogens is 2. The Kier molecular flexibility index (Phi) is 4.77. The van der Waals surface area contributed by atoms with Crippen molar-refractivity contribution < 1.29 is 18.3 Å². The zero-order valence-corrected chi connectivity index (χ0v) is 15.2. The molecule has 1 unspecified atom stereocenters. The number of nitrogens with zero attached hydrogens (tertiary/aromatic N) is 3. The van der Waals surface area contributed by atoms with Gasteiger partial charge in [-0.15, -0.1) is 0 Å². The first kappa shape index (κ1) is 18.1. The average Bonchev–Trinajstić information content (AvgIpc) is 3.14. The monoisotopic (exact) mass is 384 g/mol. The number of likely N-dealkylation sites (tertiary alicyclic amines) is 1. The first-order valence-corrected chi connectivity index (χ1v) is 8.88. The van der Waals surface area contributed by atoms with Gasteiger partial charge in [0, 0.05) is 49.2 Å². The summed E-state index contributed by atoms with van der Waals surface area (Å²) in [4.78, 5) is 22.9. The smallest absolute Gasteiger partial charge is 0.254 e. The number of benzene rings is 2.